The predicted molar refractivity (Wildman–Crippen MR) is 46.0 cm³/mol. The van der Waals surface area contributed by atoms with Crippen molar-refractivity contribution in [3.63, 3.8) is 0 Å². The SMILES string of the molecule is CCC(N)C(=O)N1CC(C(=O)O)C1. The summed E-state index contributed by atoms with van der Waals surface area (Å²) in [6.07, 6.45) is 0.590. The molecule has 0 bridgehead atoms. The number of hydrogen-bond donors (Lipinski definition) is 2. The molecule has 13 heavy (non-hydrogen) atoms. The van der Waals surface area contributed by atoms with E-state index in [2.05, 4.69) is 0 Å². The molecule has 1 aliphatic rings. The van der Waals surface area contributed by atoms with E-state index in [1.165, 1.54) is 4.90 Å². The van der Waals surface area contributed by atoms with Gasteiger partial charge in [-0.15, -0.1) is 0 Å². The summed E-state index contributed by atoms with van der Waals surface area (Å²) in [4.78, 5) is 23.2. The van der Waals surface area contributed by atoms with E-state index in [1.807, 2.05) is 6.92 Å². The minimum Gasteiger partial charge on any atom is -0.481 e. The van der Waals surface area contributed by atoms with Crippen molar-refractivity contribution in [3.8, 4) is 0 Å². The first-order valence-electron chi connectivity index (χ1n) is 4.33. The fraction of sp³-hybridized carbons (Fsp3) is 0.750. The molecule has 0 aromatic heterocycles. The fourth-order valence-electron chi connectivity index (χ4n) is 1.22. The van der Waals surface area contributed by atoms with Crippen LogP contribution in [-0.4, -0.2) is 41.0 Å². The van der Waals surface area contributed by atoms with Gasteiger partial charge >= 0.3 is 5.97 Å². The van der Waals surface area contributed by atoms with Gasteiger partial charge in [-0.3, -0.25) is 9.59 Å². The Bertz CT molecular complexity index is 223. The van der Waals surface area contributed by atoms with Crippen LogP contribution in [0.15, 0.2) is 0 Å². The highest BCUT2D eigenvalue weighted by Gasteiger charge is 2.36. The molecule has 1 unspecified atom stereocenters. The highest BCUT2D eigenvalue weighted by Crippen LogP contribution is 2.16. The monoisotopic (exact) mass is 186 g/mol. The lowest BCUT2D eigenvalue weighted by Crippen LogP contribution is -2.57. The van der Waals surface area contributed by atoms with Crippen LogP contribution in [0.2, 0.25) is 0 Å². The fourth-order valence-corrected chi connectivity index (χ4v) is 1.22. The molecular weight excluding hydrogens is 172 g/mol. The highest BCUT2D eigenvalue weighted by molar-refractivity contribution is 5.84. The number of carbonyl (C=O) groups is 2. The number of nitrogens with two attached hydrogens (primary N) is 1. The number of likely N-dealkylation sites (tertiary alicyclic amines) is 1. The van der Waals surface area contributed by atoms with Gasteiger partial charge in [-0.2, -0.15) is 0 Å². The maximum Gasteiger partial charge on any atom is 0.310 e. The summed E-state index contributed by atoms with van der Waals surface area (Å²) in [5.41, 5.74) is 5.51. The summed E-state index contributed by atoms with van der Waals surface area (Å²) in [5.74, 6) is -1.37. The van der Waals surface area contributed by atoms with Crippen molar-refractivity contribution in [2.75, 3.05) is 13.1 Å². The Hall–Kier alpha value is -1.10. The molecule has 1 fully saturated rings. The summed E-state index contributed by atoms with van der Waals surface area (Å²) < 4.78 is 0. The number of nitrogens with zero attached hydrogens (tertiary/aromatic N) is 1. The number of carboxylic acid groups (broad SMARTS) is 1. The first kappa shape index (κ1) is 9.98. The Labute approximate surface area is 76.5 Å². The van der Waals surface area contributed by atoms with Crippen LogP contribution in [0.25, 0.3) is 0 Å². The smallest absolute Gasteiger partial charge is 0.310 e. The van der Waals surface area contributed by atoms with Gasteiger partial charge in [-0.1, -0.05) is 6.92 Å². The summed E-state index contributed by atoms with van der Waals surface area (Å²) >= 11 is 0. The van der Waals surface area contributed by atoms with Crippen LogP contribution in [0.3, 0.4) is 0 Å². The van der Waals surface area contributed by atoms with Gasteiger partial charge in [0.2, 0.25) is 5.91 Å². The second kappa shape index (κ2) is 3.74. The molecule has 1 saturated heterocycles. The van der Waals surface area contributed by atoms with E-state index in [1.54, 1.807) is 0 Å². The summed E-state index contributed by atoms with van der Waals surface area (Å²) in [6.45, 7) is 2.45. The molecule has 74 valence electrons. The minimum absolute atomic E-state index is 0.139. The van der Waals surface area contributed by atoms with Crippen molar-refractivity contribution >= 4 is 11.9 Å². The zero-order valence-electron chi connectivity index (χ0n) is 7.56. The quantitative estimate of drug-likeness (QED) is 0.608. The average molecular weight is 186 g/mol. The van der Waals surface area contributed by atoms with Crippen molar-refractivity contribution in [1.29, 1.82) is 0 Å². The third-order valence-electron chi connectivity index (χ3n) is 2.30. The number of hydrogen-bond acceptors (Lipinski definition) is 3. The predicted octanol–water partition coefficient (Wildman–Crippen LogP) is -0.733. The van der Waals surface area contributed by atoms with Crippen molar-refractivity contribution in [1.82, 2.24) is 4.90 Å². The third-order valence-corrected chi connectivity index (χ3v) is 2.30. The molecule has 1 heterocycles. The summed E-state index contributed by atoms with van der Waals surface area (Å²) in [7, 11) is 0. The number of amides is 1. The van der Waals surface area contributed by atoms with Crippen molar-refractivity contribution < 1.29 is 14.7 Å². The van der Waals surface area contributed by atoms with Crippen LogP contribution in [0.1, 0.15) is 13.3 Å². The van der Waals surface area contributed by atoms with Crippen molar-refractivity contribution in [2.45, 2.75) is 19.4 Å². The molecule has 0 aliphatic carbocycles. The van der Waals surface area contributed by atoms with Crippen LogP contribution < -0.4 is 5.73 Å². The second-order valence-corrected chi connectivity index (χ2v) is 3.29. The number of rotatable bonds is 3. The van der Waals surface area contributed by atoms with Gasteiger partial charge in [0.05, 0.1) is 12.0 Å². The van der Waals surface area contributed by atoms with Gasteiger partial charge in [0.15, 0.2) is 0 Å². The number of carbonyl (C=O) groups excluding carboxylic acids is 1. The van der Waals surface area contributed by atoms with Crippen LogP contribution in [-0.2, 0) is 9.59 Å². The van der Waals surface area contributed by atoms with Crippen molar-refractivity contribution in [3.05, 3.63) is 0 Å². The lowest BCUT2D eigenvalue weighted by atomic mass is 9.99. The molecular formula is C8H14N2O3. The van der Waals surface area contributed by atoms with E-state index in [-0.39, 0.29) is 5.91 Å². The van der Waals surface area contributed by atoms with Crippen molar-refractivity contribution in [2.24, 2.45) is 11.7 Å². The zero-order chi connectivity index (χ0) is 10.0. The molecule has 1 amide bonds. The first-order valence-corrected chi connectivity index (χ1v) is 4.33. The second-order valence-electron chi connectivity index (χ2n) is 3.29. The normalized spacial score (nSPS) is 19.4. The Morgan fingerprint density at radius 3 is 2.54 bits per heavy atom. The molecule has 1 atom stereocenters. The van der Waals surface area contributed by atoms with E-state index in [9.17, 15) is 9.59 Å². The lowest BCUT2D eigenvalue weighted by molar-refractivity contribution is -0.153. The largest absolute Gasteiger partial charge is 0.481 e. The molecule has 0 radical (unpaired) electrons. The molecule has 0 saturated carbocycles. The van der Waals surface area contributed by atoms with Gasteiger partial charge in [-0.25, -0.2) is 0 Å². The van der Waals surface area contributed by atoms with Gasteiger partial charge in [0.1, 0.15) is 0 Å². The molecule has 1 aliphatic heterocycles. The average Bonchev–Trinajstić information content (AvgIpc) is 1.99. The topological polar surface area (TPSA) is 83.6 Å². The van der Waals surface area contributed by atoms with E-state index in [0.717, 1.165) is 0 Å². The third kappa shape index (κ3) is 1.98. The van der Waals surface area contributed by atoms with E-state index in [4.69, 9.17) is 10.8 Å². The van der Waals surface area contributed by atoms with Gasteiger partial charge in [0.25, 0.3) is 0 Å². The maximum atomic E-state index is 11.3. The van der Waals surface area contributed by atoms with E-state index in [0.29, 0.717) is 19.5 Å². The molecule has 5 nitrogen and oxygen atoms in total. The minimum atomic E-state index is -0.839. The van der Waals surface area contributed by atoms with Crippen LogP contribution in [0.4, 0.5) is 0 Å². The molecule has 0 aromatic rings. The molecule has 3 N–H and O–H groups in total. The molecule has 5 heteroatoms. The Kier molecular flexibility index (Phi) is 2.87. The zero-order valence-corrected chi connectivity index (χ0v) is 7.56. The van der Waals surface area contributed by atoms with Crippen LogP contribution >= 0.6 is 0 Å². The summed E-state index contributed by atoms with van der Waals surface area (Å²) in [6, 6.07) is -0.477. The van der Waals surface area contributed by atoms with E-state index < -0.39 is 17.9 Å². The standard InChI is InChI=1S/C8H14N2O3/c1-2-6(9)7(11)10-3-5(4-10)8(12)13/h5-6H,2-4,9H2,1H3,(H,12,13). The van der Waals surface area contributed by atoms with Gasteiger partial charge in [0, 0.05) is 13.1 Å². The number of carboxylic acids is 1. The highest BCUT2D eigenvalue weighted by atomic mass is 16.4. The number of aliphatic carboxylic acids is 1. The molecule has 0 aromatic carbocycles. The maximum absolute atomic E-state index is 11.3. The molecule has 0 spiro atoms. The Morgan fingerprint density at radius 2 is 2.15 bits per heavy atom. The van der Waals surface area contributed by atoms with E-state index >= 15 is 0 Å². The lowest BCUT2D eigenvalue weighted by Gasteiger charge is -2.37. The van der Waals surface area contributed by atoms with Crippen LogP contribution in [0, 0.1) is 5.92 Å². The van der Waals surface area contributed by atoms with Crippen LogP contribution in [0.5, 0.6) is 0 Å². The molecule has 1 rings (SSSR count). The first-order chi connectivity index (χ1) is 6.06. The Balaban J connectivity index is 2.35. The van der Waals surface area contributed by atoms with Gasteiger partial charge in [-0.05, 0) is 6.42 Å². The Morgan fingerprint density at radius 1 is 1.62 bits per heavy atom. The van der Waals surface area contributed by atoms with Gasteiger partial charge < -0.3 is 15.7 Å². The summed E-state index contributed by atoms with van der Waals surface area (Å²) in [5, 5.41) is 8.56.